The maximum absolute atomic E-state index is 4.80. The Labute approximate surface area is 149 Å². The van der Waals surface area contributed by atoms with E-state index >= 15 is 0 Å². The van der Waals surface area contributed by atoms with Gasteiger partial charge in [0.15, 0.2) is 0 Å². The molecule has 0 N–H and O–H groups in total. The van der Waals surface area contributed by atoms with Crippen LogP contribution in [0.2, 0.25) is 0 Å². The molecule has 0 amide bonds. The van der Waals surface area contributed by atoms with E-state index in [4.69, 9.17) is 9.97 Å². The molecule has 3 aromatic rings. The third-order valence-corrected chi connectivity index (χ3v) is 5.09. The third kappa shape index (κ3) is 2.85. The minimum Gasteiger partial charge on any atom is -0.284 e. The van der Waals surface area contributed by atoms with E-state index in [1.54, 1.807) is 0 Å². The molecule has 0 saturated carbocycles. The van der Waals surface area contributed by atoms with Gasteiger partial charge in [0.2, 0.25) is 0 Å². The zero-order valence-electron chi connectivity index (χ0n) is 14.4. The monoisotopic (exact) mass is 329 g/mol. The first-order chi connectivity index (χ1) is 12.4. The van der Waals surface area contributed by atoms with Crippen molar-refractivity contribution in [3.05, 3.63) is 96.1 Å². The van der Waals surface area contributed by atoms with Crippen LogP contribution in [0.3, 0.4) is 0 Å². The predicted octanol–water partition coefficient (Wildman–Crippen LogP) is 4.25. The molecule has 1 fully saturated rings. The summed E-state index contributed by atoms with van der Waals surface area (Å²) in [6.07, 6.45) is 7.51. The summed E-state index contributed by atoms with van der Waals surface area (Å²) in [6.45, 7) is 2.12. The first-order valence-electron chi connectivity index (χ1n) is 9.06. The van der Waals surface area contributed by atoms with Crippen LogP contribution >= 0.6 is 0 Å². The van der Waals surface area contributed by atoms with Gasteiger partial charge in [-0.1, -0.05) is 48.9 Å². The second-order valence-corrected chi connectivity index (χ2v) is 6.55. The molecule has 1 aromatic carbocycles. The van der Waals surface area contributed by atoms with E-state index in [1.165, 1.54) is 24.8 Å². The number of rotatable bonds is 4. The van der Waals surface area contributed by atoms with E-state index < -0.39 is 5.54 Å². The molecule has 1 aliphatic rings. The standard InChI is InChI=1S/C22H23N3/c1-3-11-19(12-4-1)22(20-13-5-7-15-23-20,21-14-6-8-16-24-21)25-17-9-2-10-18-25/h1,3-8,11-16H,2,9-10,17-18H2. The second kappa shape index (κ2) is 7.16. The van der Waals surface area contributed by atoms with E-state index in [2.05, 4.69) is 59.5 Å². The number of hydrogen-bond acceptors (Lipinski definition) is 3. The number of hydrogen-bond donors (Lipinski definition) is 0. The fraction of sp³-hybridized carbons (Fsp3) is 0.273. The van der Waals surface area contributed by atoms with Gasteiger partial charge in [0.25, 0.3) is 0 Å². The summed E-state index contributed by atoms with van der Waals surface area (Å²) >= 11 is 0. The zero-order chi connectivity index (χ0) is 17.0. The molecule has 25 heavy (non-hydrogen) atoms. The molecular formula is C22H23N3. The Morgan fingerprint density at radius 1 is 0.640 bits per heavy atom. The molecule has 3 nitrogen and oxygen atoms in total. The van der Waals surface area contributed by atoms with Crippen molar-refractivity contribution < 1.29 is 0 Å². The molecule has 0 radical (unpaired) electrons. The summed E-state index contributed by atoms with van der Waals surface area (Å²) in [5, 5.41) is 0. The number of nitrogens with zero attached hydrogens (tertiary/aromatic N) is 3. The van der Waals surface area contributed by atoms with Gasteiger partial charge in [-0.05, 0) is 55.8 Å². The number of benzene rings is 1. The lowest BCUT2D eigenvalue weighted by Gasteiger charge is -2.45. The van der Waals surface area contributed by atoms with Gasteiger partial charge in [-0.25, -0.2) is 0 Å². The van der Waals surface area contributed by atoms with Crippen LogP contribution in [0.5, 0.6) is 0 Å². The molecule has 126 valence electrons. The van der Waals surface area contributed by atoms with E-state index in [0.717, 1.165) is 24.5 Å². The lowest BCUT2D eigenvalue weighted by atomic mass is 9.79. The number of aromatic nitrogens is 2. The highest BCUT2D eigenvalue weighted by molar-refractivity contribution is 5.44. The fourth-order valence-electron chi connectivity index (χ4n) is 4.00. The SMILES string of the molecule is c1ccc(C(c2ccccn2)(c2ccccn2)N2CCCCC2)cc1. The van der Waals surface area contributed by atoms with Crippen LogP contribution < -0.4 is 0 Å². The molecule has 4 rings (SSSR count). The Morgan fingerprint density at radius 2 is 1.20 bits per heavy atom. The summed E-state index contributed by atoms with van der Waals surface area (Å²) in [5.41, 5.74) is 2.88. The van der Waals surface area contributed by atoms with Gasteiger partial charge in [-0.2, -0.15) is 0 Å². The Bertz CT molecular complexity index is 685. The summed E-state index contributed by atoms with van der Waals surface area (Å²) < 4.78 is 0. The normalized spacial score (nSPS) is 15.8. The molecule has 1 saturated heterocycles. The third-order valence-electron chi connectivity index (χ3n) is 5.09. The zero-order valence-corrected chi connectivity index (χ0v) is 14.4. The molecule has 0 atom stereocenters. The first-order valence-corrected chi connectivity index (χ1v) is 9.06. The lowest BCUT2D eigenvalue weighted by Crippen LogP contribution is -2.51. The average Bonchev–Trinajstić information content (AvgIpc) is 2.72. The molecule has 3 heterocycles. The number of pyridine rings is 2. The van der Waals surface area contributed by atoms with Crippen molar-refractivity contribution in [3.63, 3.8) is 0 Å². The van der Waals surface area contributed by atoms with Gasteiger partial charge in [0.05, 0.1) is 11.4 Å². The van der Waals surface area contributed by atoms with Crippen molar-refractivity contribution >= 4 is 0 Å². The summed E-state index contributed by atoms with van der Waals surface area (Å²) in [6, 6.07) is 23.1. The number of likely N-dealkylation sites (tertiary alicyclic amines) is 1. The van der Waals surface area contributed by atoms with Crippen LogP contribution in [0.1, 0.15) is 36.2 Å². The summed E-state index contributed by atoms with van der Waals surface area (Å²) in [4.78, 5) is 12.2. The molecule has 1 aliphatic heterocycles. The molecule has 0 aliphatic carbocycles. The molecular weight excluding hydrogens is 306 g/mol. The minimum atomic E-state index is -0.440. The maximum atomic E-state index is 4.80. The largest absolute Gasteiger partial charge is 0.284 e. The van der Waals surface area contributed by atoms with Crippen LogP contribution in [0.4, 0.5) is 0 Å². The summed E-state index contributed by atoms with van der Waals surface area (Å²) in [5.74, 6) is 0. The highest BCUT2D eigenvalue weighted by Crippen LogP contribution is 2.41. The predicted molar refractivity (Wildman–Crippen MR) is 100 cm³/mol. The van der Waals surface area contributed by atoms with Gasteiger partial charge in [-0.3, -0.25) is 14.9 Å². The van der Waals surface area contributed by atoms with Crippen molar-refractivity contribution in [1.29, 1.82) is 0 Å². The highest BCUT2D eigenvalue weighted by Gasteiger charge is 2.44. The average molecular weight is 329 g/mol. The van der Waals surface area contributed by atoms with Gasteiger partial charge in [-0.15, -0.1) is 0 Å². The van der Waals surface area contributed by atoms with Gasteiger partial charge < -0.3 is 0 Å². The summed E-state index contributed by atoms with van der Waals surface area (Å²) in [7, 11) is 0. The van der Waals surface area contributed by atoms with Crippen LogP contribution in [0.25, 0.3) is 0 Å². The molecule has 3 heteroatoms. The van der Waals surface area contributed by atoms with Crippen LogP contribution in [0.15, 0.2) is 79.1 Å². The molecule has 0 spiro atoms. The first kappa shape index (κ1) is 16.0. The Kier molecular flexibility index (Phi) is 4.57. The van der Waals surface area contributed by atoms with Crippen molar-refractivity contribution in [1.82, 2.24) is 14.9 Å². The van der Waals surface area contributed by atoms with Crippen molar-refractivity contribution in [3.8, 4) is 0 Å². The topological polar surface area (TPSA) is 29.0 Å². The minimum absolute atomic E-state index is 0.440. The van der Waals surface area contributed by atoms with Crippen molar-refractivity contribution in [2.45, 2.75) is 24.8 Å². The van der Waals surface area contributed by atoms with Crippen LogP contribution in [-0.2, 0) is 5.54 Å². The Balaban J connectivity index is 2.01. The molecule has 0 unspecified atom stereocenters. The van der Waals surface area contributed by atoms with Crippen molar-refractivity contribution in [2.24, 2.45) is 0 Å². The van der Waals surface area contributed by atoms with E-state index in [-0.39, 0.29) is 0 Å². The van der Waals surface area contributed by atoms with Gasteiger partial charge in [0, 0.05) is 12.4 Å². The lowest BCUT2D eigenvalue weighted by molar-refractivity contribution is 0.121. The van der Waals surface area contributed by atoms with Crippen molar-refractivity contribution in [2.75, 3.05) is 13.1 Å². The molecule has 2 aromatic heterocycles. The number of piperidine rings is 1. The smallest absolute Gasteiger partial charge is 0.132 e. The van der Waals surface area contributed by atoms with Crippen LogP contribution in [-0.4, -0.2) is 28.0 Å². The van der Waals surface area contributed by atoms with E-state index in [1.807, 2.05) is 24.5 Å². The van der Waals surface area contributed by atoms with Gasteiger partial charge in [0.1, 0.15) is 5.54 Å². The maximum Gasteiger partial charge on any atom is 0.132 e. The Hall–Kier alpha value is -2.52. The Morgan fingerprint density at radius 3 is 1.72 bits per heavy atom. The quantitative estimate of drug-likeness (QED) is 0.716. The van der Waals surface area contributed by atoms with Gasteiger partial charge >= 0.3 is 0 Å². The van der Waals surface area contributed by atoms with E-state index in [0.29, 0.717) is 0 Å². The second-order valence-electron chi connectivity index (χ2n) is 6.55. The van der Waals surface area contributed by atoms with E-state index in [9.17, 15) is 0 Å². The highest BCUT2D eigenvalue weighted by atomic mass is 15.2. The molecule has 0 bridgehead atoms. The van der Waals surface area contributed by atoms with Crippen LogP contribution in [0, 0.1) is 0 Å². The fourth-order valence-corrected chi connectivity index (χ4v) is 4.00.